The molecule has 2 aromatic carbocycles. The number of hydrogen-bond donors (Lipinski definition) is 2. The van der Waals surface area contributed by atoms with E-state index in [0.717, 1.165) is 28.1 Å². The zero-order valence-corrected chi connectivity index (χ0v) is 13.2. The van der Waals surface area contributed by atoms with E-state index < -0.39 is 0 Å². The molecule has 0 bridgehead atoms. The lowest BCUT2D eigenvalue weighted by molar-refractivity contribution is -0.0169. The number of hydrogen-bond acceptors (Lipinski definition) is 4. The van der Waals surface area contributed by atoms with E-state index in [1.54, 1.807) is 12.1 Å². The summed E-state index contributed by atoms with van der Waals surface area (Å²) in [5.41, 5.74) is 3.43. The summed E-state index contributed by atoms with van der Waals surface area (Å²) in [5, 5.41) is 13.7. The molecule has 1 heterocycles. The van der Waals surface area contributed by atoms with E-state index in [1.807, 2.05) is 18.2 Å². The van der Waals surface area contributed by atoms with Gasteiger partial charge in [-0.15, -0.1) is 0 Å². The van der Waals surface area contributed by atoms with Crippen LogP contribution in [0.15, 0.2) is 30.3 Å². The molecular formula is C16H15Cl2NO3. The van der Waals surface area contributed by atoms with Crippen molar-refractivity contribution in [2.45, 2.75) is 19.8 Å². The average molecular weight is 340 g/mol. The lowest BCUT2D eigenvalue weighted by Crippen LogP contribution is -2.14. The van der Waals surface area contributed by atoms with Crippen molar-refractivity contribution in [1.82, 2.24) is 0 Å². The molecule has 0 aromatic heterocycles. The van der Waals surface area contributed by atoms with E-state index >= 15 is 0 Å². The first kappa shape index (κ1) is 15.4. The third-order valence-corrected chi connectivity index (χ3v) is 3.98. The molecule has 4 nitrogen and oxygen atoms in total. The Morgan fingerprint density at radius 3 is 2.86 bits per heavy atom. The van der Waals surface area contributed by atoms with Gasteiger partial charge in [-0.1, -0.05) is 29.3 Å². The minimum atomic E-state index is -0.0289. The number of rotatable bonds is 4. The molecule has 22 heavy (non-hydrogen) atoms. The van der Waals surface area contributed by atoms with Crippen molar-refractivity contribution >= 4 is 28.9 Å². The van der Waals surface area contributed by atoms with Gasteiger partial charge in [0.2, 0.25) is 0 Å². The van der Waals surface area contributed by atoms with Crippen molar-refractivity contribution in [2.75, 3.05) is 12.1 Å². The van der Waals surface area contributed by atoms with Gasteiger partial charge in [0.1, 0.15) is 5.75 Å². The number of fused-ring (bicyclic) bond motifs is 1. The van der Waals surface area contributed by atoms with Gasteiger partial charge in [-0.3, -0.25) is 0 Å². The van der Waals surface area contributed by atoms with Crippen molar-refractivity contribution < 1.29 is 14.6 Å². The van der Waals surface area contributed by atoms with Gasteiger partial charge in [-0.05, 0) is 29.8 Å². The highest BCUT2D eigenvalue weighted by molar-refractivity contribution is 6.33. The summed E-state index contributed by atoms with van der Waals surface area (Å²) in [7, 11) is 0. The fourth-order valence-electron chi connectivity index (χ4n) is 2.38. The molecule has 0 atom stereocenters. The molecule has 0 fully saturated rings. The van der Waals surface area contributed by atoms with Crippen LogP contribution in [0.3, 0.4) is 0 Å². The van der Waals surface area contributed by atoms with E-state index in [1.165, 1.54) is 0 Å². The fourth-order valence-corrected chi connectivity index (χ4v) is 2.83. The lowest BCUT2D eigenvalue weighted by Gasteiger charge is -2.21. The predicted molar refractivity (Wildman–Crippen MR) is 86.4 cm³/mol. The summed E-state index contributed by atoms with van der Waals surface area (Å²) in [6, 6.07) is 9.08. The van der Waals surface area contributed by atoms with E-state index in [9.17, 15) is 5.11 Å². The number of anilines is 1. The van der Waals surface area contributed by atoms with Crippen LogP contribution < -0.4 is 10.1 Å². The van der Waals surface area contributed by atoms with Gasteiger partial charge in [0.15, 0.2) is 6.79 Å². The number of aliphatic hydroxyl groups is 1. The molecule has 2 N–H and O–H groups in total. The quantitative estimate of drug-likeness (QED) is 0.884. The third kappa shape index (κ3) is 3.31. The van der Waals surface area contributed by atoms with Crippen LogP contribution in [0.25, 0.3) is 0 Å². The second-order valence-electron chi connectivity index (χ2n) is 4.99. The van der Waals surface area contributed by atoms with Gasteiger partial charge in [0, 0.05) is 22.7 Å². The Kier molecular flexibility index (Phi) is 4.74. The second kappa shape index (κ2) is 6.75. The van der Waals surface area contributed by atoms with Crippen molar-refractivity contribution in [2.24, 2.45) is 0 Å². The maximum absolute atomic E-state index is 9.21. The Hall–Kier alpha value is -1.46. The first-order chi connectivity index (χ1) is 10.7. The van der Waals surface area contributed by atoms with Gasteiger partial charge in [0.25, 0.3) is 0 Å². The van der Waals surface area contributed by atoms with E-state index in [4.69, 9.17) is 32.7 Å². The summed E-state index contributed by atoms with van der Waals surface area (Å²) in [6.07, 6.45) is 0. The highest BCUT2D eigenvalue weighted by atomic mass is 35.5. The van der Waals surface area contributed by atoms with Crippen LogP contribution in [0, 0.1) is 0 Å². The molecule has 6 heteroatoms. The maximum atomic E-state index is 9.21. The number of halogens is 2. The summed E-state index contributed by atoms with van der Waals surface area (Å²) in [6.45, 7) is 1.21. The van der Waals surface area contributed by atoms with Crippen molar-refractivity contribution in [3.63, 3.8) is 0 Å². The predicted octanol–water partition coefficient (Wildman–Crippen LogP) is 3.96. The van der Waals surface area contributed by atoms with Crippen LogP contribution in [-0.2, 0) is 24.5 Å². The Morgan fingerprint density at radius 1 is 1.18 bits per heavy atom. The van der Waals surface area contributed by atoms with Crippen LogP contribution in [0.5, 0.6) is 5.75 Å². The molecule has 1 aliphatic heterocycles. The minimum absolute atomic E-state index is 0.0289. The topological polar surface area (TPSA) is 50.7 Å². The van der Waals surface area contributed by atoms with Gasteiger partial charge in [0.05, 0.1) is 23.9 Å². The van der Waals surface area contributed by atoms with E-state index in [0.29, 0.717) is 23.2 Å². The molecule has 2 aromatic rings. The third-order valence-electron chi connectivity index (χ3n) is 3.43. The molecule has 0 aliphatic carbocycles. The van der Waals surface area contributed by atoms with Crippen LogP contribution in [0.4, 0.5) is 5.69 Å². The molecule has 0 saturated heterocycles. The molecule has 0 radical (unpaired) electrons. The molecular weight excluding hydrogens is 325 g/mol. The molecule has 116 valence electrons. The Labute approximate surface area is 138 Å². The number of benzene rings is 2. The number of aliphatic hydroxyl groups excluding tert-OH is 1. The summed E-state index contributed by atoms with van der Waals surface area (Å²) in [5.74, 6) is 0.803. The van der Waals surface area contributed by atoms with Gasteiger partial charge in [-0.25, -0.2) is 0 Å². The fraction of sp³-hybridized carbons (Fsp3) is 0.250. The van der Waals surface area contributed by atoms with Crippen LogP contribution >= 0.6 is 23.2 Å². The van der Waals surface area contributed by atoms with Crippen molar-refractivity contribution in [3.05, 3.63) is 57.1 Å². The highest BCUT2D eigenvalue weighted by Gasteiger charge is 2.16. The Bertz CT molecular complexity index is 691. The minimum Gasteiger partial charge on any atom is -0.467 e. The average Bonchev–Trinajstić information content (AvgIpc) is 2.53. The number of ether oxygens (including phenoxy) is 2. The first-order valence-corrected chi connectivity index (χ1v) is 7.58. The summed E-state index contributed by atoms with van der Waals surface area (Å²) >= 11 is 12.3. The van der Waals surface area contributed by atoms with Crippen LogP contribution in [-0.4, -0.2) is 11.9 Å². The zero-order chi connectivity index (χ0) is 15.5. The summed E-state index contributed by atoms with van der Waals surface area (Å²) < 4.78 is 10.8. The SMILES string of the molecule is OCc1ccc(Cl)c(NCc2cc(Cl)cc3c2OCOC3)c1. The molecule has 1 aliphatic rings. The standard InChI is InChI=1S/C16H15Cl2NO3/c17-13-4-11(16-12(5-13)8-21-9-22-16)6-19-15-3-10(7-20)1-2-14(15)18/h1-5,19-20H,6-9H2. The monoisotopic (exact) mass is 339 g/mol. The smallest absolute Gasteiger partial charge is 0.189 e. The maximum Gasteiger partial charge on any atom is 0.189 e. The number of nitrogens with one attached hydrogen (secondary N) is 1. The molecule has 3 rings (SSSR count). The largest absolute Gasteiger partial charge is 0.467 e. The molecule has 0 spiro atoms. The van der Waals surface area contributed by atoms with E-state index in [2.05, 4.69) is 5.32 Å². The van der Waals surface area contributed by atoms with Crippen molar-refractivity contribution in [3.8, 4) is 5.75 Å². The molecule has 0 unspecified atom stereocenters. The normalized spacial score (nSPS) is 13.4. The molecule has 0 amide bonds. The Morgan fingerprint density at radius 2 is 2.05 bits per heavy atom. The van der Waals surface area contributed by atoms with Crippen LogP contribution in [0.1, 0.15) is 16.7 Å². The van der Waals surface area contributed by atoms with Gasteiger partial charge in [-0.2, -0.15) is 0 Å². The van der Waals surface area contributed by atoms with Gasteiger partial charge >= 0.3 is 0 Å². The van der Waals surface area contributed by atoms with Crippen molar-refractivity contribution in [1.29, 1.82) is 0 Å². The zero-order valence-electron chi connectivity index (χ0n) is 11.7. The van der Waals surface area contributed by atoms with E-state index in [-0.39, 0.29) is 13.4 Å². The molecule has 0 saturated carbocycles. The van der Waals surface area contributed by atoms with Gasteiger partial charge < -0.3 is 19.9 Å². The van der Waals surface area contributed by atoms with Crippen LogP contribution in [0.2, 0.25) is 10.0 Å². The first-order valence-electron chi connectivity index (χ1n) is 6.82. The second-order valence-corrected chi connectivity index (χ2v) is 5.83. The highest BCUT2D eigenvalue weighted by Crippen LogP contribution is 2.33. The lowest BCUT2D eigenvalue weighted by atomic mass is 10.1. The Balaban J connectivity index is 1.83. The summed E-state index contributed by atoms with van der Waals surface area (Å²) in [4.78, 5) is 0.